The molecule has 2 aliphatic rings. The Kier molecular flexibility index (Phi) is 4.86. The zero-order valence-corrected chi connectivity index (χ0v) is 15.2. The van der Waals surface area contributed by atoms with Crippen LogP contribution in [0.4, 0.5) is 4.79 Å². The van der Waals surface area contributed by atoms with Gasteiger partial charge in [-0.3, -0.25) is 9.69 Å². The van der Waals surface area contributed by atoms with Gasteiger partial charge < -0.3 is 4.74 Å². The van der Waals surface area contributed by atoms with E-state index in [1.807, 2.05) is 30.3 Å². The van der Waals surface area contributed by atoms with Crippen LogP contribution in [-0.4, -0.2) is 48.5 Å². The summed E-state index contributed by atoms with van der Waals surface area (Å²) in [5.41, 5.74) is 1.54. The first-order valence-electron chi connectivity index (χ1n) is 8.20. The third-order valence-corrected chi connectivity index (χ3v) is 5.55. The number of rotatable bonds is 5. The number of benzene rings is 1. The highest BCUT2D eigenvalue weighted by Crippen LogP contribution is 2.39. The molecule has 0 radical (unpaired) electrons. The first-order chi connectivity index (χ1) is 12.3. The number of likely N-dealkylation sites (tertiary alicyclic amines) is 1. The van der Waals surface area contributed by atoms with Crippen molar-refractivity contribution in [1.29, 1.82) is 0 Å². The zero-order valence-electron chi connectivity index (χ0n) is 14.4. The van der Waals surface area contributed by atoms with Gasteiger partial charge in [-0.2, -0.15) is 0 Å². The molecule has 1 aromatic carbocycles. The Morgan fingerprint density at radius 1 is 1.35 bits per heavy atom. The minimum Gasteiger partial charge on any atom is -0.444 e. The average Bonchev–Trinajstić information content (AvgIpc) is 3.12. The van der Waals surface area contributed by atoms with Crippen LogP contribution in [-0.2, 0) is 26.2 Å². The van der Waals surface area contributed by atoms with Gasteiger partial charge in [0.05, 0.1) is 18.0 Å². The van der Waals surface area contributed by atoms with Crippen molar-refractivity contribution in [3.63, 3.8) is 0 Å². The second-order valence-corrected chi connectivity index (χ2v) is 8.08. The molecular weight excluding hydrogens is 356 g/mol. The first kappa shape index (κ1) is 18.2. The number of sulfonamides is 1. The van der Waals surface area contributed by atoms with Crippen LogP contribution in [0.25, 0.3) is 0 Å². The van der Waals surface area contributed by atoms with Crippen molar-refractivity contribution in [1.82, 2.24) is 9.21 Å². The molecule has 0 bridgehead atoms. The lowest BCUT2D eigenvalue weighted by atomic mass is 10.1. The topological polar surface area (TPSA) is 84.0 Å². The second kappa shape index (κ2) is 6.95. The van der Waals surface area contributed by atoms with Gasteiger partial charge in [0.15, 0.2) is 0 Å². The summed E-state index contributed by atoms with van der Waals surface area (Å²) in [6, 6.07) is 8.59. The summed E-state index contributed by atoms with van der Waals surface area (Å²) in [4.78, 5) is 26.5. The van der Waals surface area contributed by atoms with E-state index >= 15 is 0 Å². The van der Waals surface area contributed by atoms with E-state index in [1.165, 1.54) is 11.0 Å². The Balaban J connectivity index is 1.84. The SMILES string of the molecule is C=CCC1=C2[C@H](CCN2C(=O)OCc2ccccc2)N(S(C)(=O)=O)C1=O. The van der Waals surface area contributed by atoms with Gasteiger partial charge in [-0.15, -0.1) is 6.58 Å². The summed E-state index contributed by atoms with van der Waals surface area (Å²) in [5, 5.41) is 0. The number of fused-ring (bicyclic) bond motifs is 1. The van der Waals surface area contributed by atoms with Crippen LogP contribution >= 0.6 is 0 Å². The highest BCUT2D eigenvalue weighted by molar-refractivity contribution is 7.89. The normalized spacial score (nSPS) is 19.7. The van der Waals surface area contributed by atoms with Crippen molar-refractivity contribution < 1.29 is 22.7 Å². The quantitative estimate of drug-likeness (QED) is 0.734. The summed E-state index contributed by atoms with van der Waals surface area (Å²) < 4.78 is 30.3. The van der Waals surface area contributed by atoms with Crippen molar-refractivity contribution in [2.45, 2.75) is 25.5 Å². The molecule has 7 nitrogen and oxygen atoms in total. The number of hydrogen-bond acceptors (Lipinski definition) is 5. The monoisotopic (exact) mass is 376 g/mol. The molecule has 138 valence electrons. The van der Waals surface area contributed by atoms with E-state index in [0.29, 0.717) is 18.7 Å². The molecule has 0 N–H and O–H groups in total. The number of amides is 2. The van der Waals surface area contributed by atoms with Crippen molar-refractivity contribution in [3.8, 4) is 0 Å². The molecule has 8 heteroatoms. The largest absolute Gasteiger partial charge is 0.444 e. The van der Waals surface area contributed by atoms with Gasteiger partial charge in [0, 0.05) is 12.1 Å². The van der Waals surface area contributed by atoms with Crippen LogP contribution in [0.5, 0.6) is 0 Å². The summed E-state index contributed by atoms with van der Waals surface area (Å²) >= 11 is 0. The van der Waals surface area contributed by atoms with Gasteiger partial charge in [-0.25, -0.2) is 17.5 Å². The number of ether oxygens (including phenoxy) is 1. The molecule has 3 rings (SSSR count). The van der Waals surface area contributed by atoms with Crippen LogP contribution in [0.3, 0.4) is 0 Å². The van der Waals surface area contributed by atoms with Crippen molar-refractivity contribution >= 4 is 22.0 Å². The third-order valence-electron chi connectivity index (χ3n) is 4.41. The van der Waals surface area contributed by atoms with Gasteiger partial charge in [0.1, 0.15) is 6.61 Å². The van der Waals surface area contributed by atoms with E-state index in [1.54, 1.807) is 0 Å². The minimum absolute atomic E-state index is 0.106. The maximum Gasteiger partial charge on any atom is 0.414 e. The predicted octanol–water partition coefficient (Wildman–Crippen LogP) is 2.03. The molecule has 2 amide bonds. The Bertz CT molecular complexity index is 876. The lowest BCUT2D eigenvalue weighted by Gasteiger charge is -2.21. The van der Waals surface area contributed by atoms with Crippen molar-refractivity contribution in [2.75, 3.05) is 12.8 Å². The molecule has 2 heterocycles. The molecular formula is C18H20N2O5S. The van der Waals surface area contributed by atoms with Crippen LogP contribution in [0, 0.1) is 0 Å². The van der Waals surface area contributed by atoms with Crippen LogP contribution in [0.2, 0.25) is 0 Å². The van der Waals surface area contributed by atoms with Crippen molar-refractivity contribution in [2.24, 2.45) is 0 Å². The highest BCUT2D eigenvalue weighted by atomic mass is 32.2. The molecule has 26 heavy (non-hydrogen) atoms. The number of carbonyl (C=O) groups is 2. The smallest absolute Gasteiger partial charge is 0.414 e. The van der Waals surface area contributed by atoms with E-state index in [9.17, 15) is 18.0 Å². The predicted molar refractivity (Wildman–Crippen MR) is 95.3 cm³/mol. The molecule has 0 spiro atoms. The Labute approximate surface area is 152 Å². The number of nitrogens with zero attached hydrogens (tertiary/aromatic N) is 2. The zero-order chi connectivity index (χ0) is 18.9. The summed E-state index contributed by atoms with van der Waals surface area (Å²) in [7, 11) is -3.73. The number of allylic oxidation sites excluding steroid dienone is 1. The van der Waals surface area contributed by atoms with E-state index in [-0.39, 0.29) is 18.6 Å². The van der Waals surface area contributed by atoms with E-state index in [4.69, 9.17) is 4.74 Å². The van der Waals surface area contributed by atoms with Crippen LogP contribution in [0.15, 0.2) is 54.3 Å². The average molecular weight is 376 g/mol. The molecule has 1 fully saturated rings. The fourth-order valence-electron chi connectivity index (χ4n) is 3.37. The van der Waals surface area contributed by atoms with E-state index in [2.05, 4.69) is 6.58 Å². The molecule has 0 saturated carbocycles. The minimum atomic E-state index is -3.73. The highest BCUT2D eigenvalue weighted by Gasteiger charge is 2.50. The maximum atomic E-state index is 12.6. The number of carbonyl (C=O) groups excluding carboxylic acids is 2. The lowest BCUT2D eigenvalue weighted by Crippen LogP contribution is -2.39. The molecule has 2 aliphatic heterocycles. The standard InChI is InChI=1S/C18H20N2O5S/c1-3-7-14-16-15(20(17(14)21)26(2,23)24)10-11-19(16)18(22)25-12-13-8-5-4-6-9-13/h3-6,8-9,15H,1,7,10-12H2,2H3/t15-/m0/s1. The lowest BCUT2D eigenvalue weighted by molar-refractivity contribution is -0.122. The van der Waals surface area contributed by atoms with Gasteiger partial charge in [-0.1, -0.05) is 36.4 Å². The molecule has 0 unspecified atom stereocenters. The third kappa shape index (κ3) is 3.24. The Hall–Kier alpha value is -2.61. The van der Waals surface area contributed by atoms with Gasteiger partial charge >= 0.3 is 6.09 Å². The molecule has 1 saturated heterocycles. The fraction of sp³-hybridized carbons (Fsp3) is 0.333. The second-order valence-electron chi connectivity index (χ2n) is 6.22. The van der Waals surface area contributed by atoms with Gasteiger partial charge in [0.2, 0.25) is 10.0 Å². The summed E-state index contributed by atoms with van der Waals surface area (Å²) in [5.74, 6) is -0.590. The van der Waals surface area contributed by atoms with Crippen molar-refractivity contribution in [3.05, 3.63) is 59.8 Å². The summed E-state index contributed by atoms with van der Waals surface area (Å²) in [6.07, 6.45) is 2.48. The Morgan fingerprint density at radius 3 is 2.65 bits per heavy atom. The van der Waals surface area contributed by atoms with Crippen LogP contribution in [0.1, 0.15) is 18.4 Å². The fourth-order valence-corrected chi connectivity index (χ4v) is 4.45. The molecule has 1 atom stereocenters. The Morgan fingerprint density at radius 2 is 2.04 bits per heavy atom. The summed E-state index contributed by atoms with van der Waals surface area (Å²) in [6.45, 7) is 4.02. The van der Waals surface area contributed by atoms with Gasteiger partial charge in [0.25, 0.3) is 5.91 Å². The van der Waals surface area contributed by atoms with E-state index in [0.717, 1.165) is 16.1 Å². The first-order valence-corrected chi connectivity index (χ1v) is 10.0. The molecule has 1 aromatic rings. The molecule has 0 aliphatic carbocycles. The van der Waals surface area contributed by atoms with Crippen LogP contribution < -0.4 is 0 Å². The molecule has 0 aromatic heterocycles. The maximum absolute atomic E-state index is 12.6. The van der Waals surface area contributed by atoms with Gasteiger partial charge in [-0.05, 0) is 18.4 Å². The van der Waals surface area contributed by atoms with E-state index < -0.39 is 28.1 Å². The number of hydrogen-bond donors (Lipinski definition) is 0.